The number of aromatic nitrogens is 2. The Balaban J connectivity index is 2.00. The average Bonchev–Trinajstić information content (AvgIpc) is 3.07. The van der Waals surface area contributed by atoms with Gasteiger partial charge in [0, 0.05) is 11.6 Å². The van der Waals surface area contributed by atoms with E-state index in [1.54, 1.807) is 0 Å². The third kappa shape index (κ3) is 2.54. The highest BCUT2D eigenvalue weighted by Gasteiger charge is 2.17. The van der Waals surface area contributed by atoms with Crippen LogP contribution in [0.15, 0.2) is 35.8 Å². The van der Waals surface area contributed by atoms with Crippen LogP contribution in [0.5, 0.6) is 11.6 Å². The molecule has 0 radical (unpaired) electrons. The van der Waals surface area contributed by atoms with E-state index in [9.17, 15) is 5.11 Å². The fourth-order valence-electron chi connectivity index (χ4n) is 2.34. The van der Waals surface area contributed by atoms with Gasteiger partial charge >= 0.3 is 0 Å². The van der Waals surface area contributed by atoms with Crippen molar-refractivity contribution in [3.63, 3.8) is 0 Å². The first-order chi connectivity index (χ1) is 10.2. The van der Waals surface area contributed by atoms with Gasteiger partial charge < -0.3 is 9.84 Å². The van der Waals surface area contributed by atoms with Crippen LogP contribution in [0, 0.1) is 0 Å². The molecule has 3 rings (SSSR count). The summed E-state index contributed by atoms with van der Waals surface area (Å²) in [6, 6.07) is 8.02. The molecule has 0 saturated carbocycles. The molecule has 2 heterocycles. The summed E-state index contributed by atoms with van der Waals surface area (Å²) in [5.41, 5.74) is 1.85. The maximum absolute atomic E-state index is 9.59. The van der Waals surface area contributed by atoms with Crippen molar-refractivity contribution in [3.05, 3.63) is 47.1 Å². The number of ether oxygens (including phenoxy) is 1. The average molecular weight is 302 g/mol. The number of aliphatic hydroxyl groups excluding tert-OH is 1. The highest BCUT2D eigenvalue weighted by Crippen LogP contribution is 2.34. The number of imidazole rings is 1. The monoisotopic (exact) mass is 302 g/mol. The first kappa shape index (κ1) is 14.1. The van der Waals surface area contributed by atoms with E-state index in [0.717, 1.165) is 17.1 Å². The molecule has 0 amide bonds. The van der Waals surface area contributed by atoms with Crippen LogP contribution in [0.25, 0.3) is 4.96 Å². The minimum absolute atomic E-state index is 0.0985. The molecule has 0 spiro atoms. The van der Waals surface area contributed by atoms with Crippen LogP contribution in [-0.2, 0) is 6.61 Å². The molecule has 0 aliphatic rings. The lowest BCUT2D eigenvalue weighted by atomic mass is 9.98. The van der Waals surface area contributed by atoms with Crippen molar-refractivity contribution >= 4 is 16.3 Å². The van der Waals surface area contributed by atoms with Crippen LogP contribution in [0.3, 0.4) is 0 Å². The van der Waals surface area contributed by atoms with E-state index in [2.05, 4.69) is 24.9 Å². The van der Waals surface area contributed by atoms with Crippen molar-refractivity contribution in [3.8, 4) is 11.6 Å². The Labute approximate surface area is 127 Å². The summed E-state index contributed by atoms with van der Waals surface area (Å²) < 4.78 is 7.88. The van der Waals surface area contributed by atoms with Gasteiger partial charge in [-0.2, -0.15) is 4.98 Å². The SMILES string of the molecule is CCC(C)c1ccccc1Oc1nc2sccn2c1CO. The van der Waals surface area contributed by atoms with Crippen LogP contribution >= 0.6 is 11.3 Å². The first-order valence-corrected chi connectivity index (χ1v) is 7.94. The summed E-state index contributed by atoms with van der Waals surface area (Å²) in [5, 5.41) is 11.5. The van der Waals surface area contributed by atoms with E-state index in [1.165, 1.54) is 16.9 Å². The standard InChI is InChI=1S/C16H18N2O2S/c1-3-11(2)12-6-4-5-7-14(12)20-15-13(10-19)18-8-9-21-16(18)17-15/h4-9,11,19H,3,10H2,1-2H3. The van der Waals surface area contributed by atoms with Gasteiger partial charge in [-0.1, -0.05) is 32.0 Å². The highest BCUT2D eigenvalue weighted by molar-refractivity contribution is 7.15. The van der Waals surface area contributed by atoms with Crippen molar-refractivity contribution in [1.29, 1.82) is 0 Å². The molecular formula is C16H18N2O2S. The molecule has 1 atom stereocenters. The van der Waals surface area contributed by atoms with E-state index < -0.39 is 0 Å². The largest absolute Gasteiger partial charge is 0.437 e. The molecule has 1 N–H and O–H groups in total. The lowest BCUT2D eigenvalue weighted by Crippen LogP contribution is -1.98. The van der Waals surface area contributed by atoms with Crippen LogP contribution in [0.2, 0.25) is 0 Å². The second-order valence-corrected chi connectivity index (χ2v) is 5.90. The van der Waals surface area contributed by atoms with E-state index in [1.807, 2.05) is 34.2 Å². The molecule has 0 fully saturated rings. The number of hydrogen-bond donors (Lipinski definition) is 1. The molecule has 5 heteroatoms. The molecule has 0 aliphatic heterocycles. The molecule has 4 nitrogen and oxygen atoms in total. The third-order valence-corrected chi connectivity index (χ3v) is 4.50. The molecule has 3 aromatic rings. The zero-order chi connectivity index (χ0) is 14.8. The lowest BCUT2D eigenvalue weighted by molar-refractivity contribution is 0.269. The Kier molecular flexibility index (Phi) is 3.94. The number of nitrogens with zero attached hydrogens (tertiary/aromatic N) is 2. The van der Waals surface area contributed by atoms with Crippen molar-refractivity contribution in [2.45, 2.75) is 32.8 Å². The summed E-state index contributed by atoms with van der Waals surface area (Å²) in [7, 11) is 0. The van der Waals surface area contributed by atoms with Gasteiger partial charge in [0.15, 0.2) is 4.96 Å². The zero-order valence-corrected chi connectivity index (χ0v) is 12.9. The van der Waals surface area contributed by atoms with E-state index >= 15 is 0 Å². The summed E-state index contributed by atoms with van der Waals surface area (Å²) in [6.07, 6.45) is 2.94. The van der Waals surface area contributed by atoms with Gasteiger partial charge in [0.25, 0.3) is 0 Å². The summed E-state index contributed by atoms with van der Waals surface area (Å²) in [6.45, 7) is 4.24. The first-order valence-electron chi connectivity index (χ1n) is 7.06. The van der Waals surface area contributed by atoms with Gasteiger partial charge in [0.1, 0.15) is 11.4 Å². The van der Waals surface area contributed by atoms with Crippen molar-refractivity contribution in [2.24, 2.45) is 0 Å². The van der Waals surface area contributed by atoms with Crippen molar-refractivity contribution in [1.82, 2.24) is 9.38 Å². The molecule has 21 heavy (non-hydrogen) atoms. The van der Waals surface area contributed by atoms with Crippen LogP contribution in [0.1, 0.15) is 37.4 Å². The highest BCUT2D eigenvalue weighted by atomic mass is 32.1. The quantitative estimate of drug-likeness (QED) is 0.768. The van der Waals surface area contributed by atoms with Gasteiger partial charge in [0.2, 0.25) is 5.88 Å². The number of benzene rings is 1. The molecule has 0 aliphatic carbocycles. The smallest absolute Gasteiger partial charge is 0.244 e. The van der Waals surface area contributed by atoms with E-state index in [-0.39, 0.29) is 6.61 Å². The maximum atomic E-state index is 9.59. The van der Waals surface area contributed by atoms with Gasteiger partial charge in [-0.15, -0.1) is 11.3 Å². The number of hydrogen-bond acceptors (Lipinski definition) is 4. The Morgan fingerprint density at radius 2 is 2.19 bits per heavy atom. The normalized spacial score (nSPS) is 12.7. The Hall–Kier alpha value is -1.85. The second kappa shape index (κ2) is 5.87. The summed E-state index contributed by atoms with van der Waals surface area (Å²) >= 11 is 1.52. The number of thiazole rings is 1. The third-order valence-electron chi connectivity index (χ3n) is 3.74. The molecule has 110 valence electrons. The molecule has 1 unspecified atom stereocenters. The molecular weight excluding hydrogens is 284 g/mol. The molecule has 1 aromatic carbocycles. The summed E-state index contributed by atoms with van der Waals surface area (Å²) in [5.74, 6) is 1.72. The van der Waals surface area contributed by atoms with E-state index in [0.29, 0.717) is 17.5 Å². The number of fused-ring (bicyclic) bond motifs is 1. The van der Waals surface area contributed by atoms with Crippen molar-refractivity contribution < 1.29 is 9.84 Å². The summed E-state index contributed by atoms with van der Waals surface area (Å²) in [4.78, 5) is 5.29. The van der Waals surface area contributed by atoms with Crippen LogP contribution in [0.4, 0.5) is 0 Å². The van der Waals surface area contributed by atoms with Crippen molar-refractivity contribution in [2.75, 3.05) is 0 Å². The predicted molar refractivity (Wildman–Crippen MR) is 84.2 cm³/mol. The maximum Gasteiger partial charge on any atom is 0.244 e. The van der Waals surface area contributed by atoms with E-state index in [4.69, 9.17) is 4.74 Å². The van der Waals surface area contributed by atoms with Crippen LogP contribution in [-0.4, -0.2) is 14.5 Å². The van der Waals surface area contributed by atoms with Gasteiger partial charge in [-0.3, -0.25) is 4.40 Å². The Morgan fingerprint density at radius 1 is 1.38 bits per heavy atom. The Morgan fingerprint density at radius 3 is 2.95 bits per heavy atom. The van der Waals surface area contributed by atoms with Gasteiger partial charge in [0.05, 0.1) is 6.61 Å². The zero-order valence-electron chi connectivity index (χ0n) is 12.1. The van der Waals surface area contributed by atoms with Crippen LogP contribution < -0.4 is 4.74 Å². The Bertz CT molecular complexity index is 748. The fourth-order valence-corrected chi connectivity index (χ4v) is 3.07. The number of para-hydroxylation sites is 1. The lowest BCUT2D eigenvalue weighted by Gasteiger charge is -2.14. The predicted octanol–water partition coefficient (Wildman–Crippen LogP) is 4.19. The minimum atomic E-state index is -0.0985. The molecule has 0 bridgehead atoms. The van der Waals surface area contributed by atoms with Gasteiger partial charge in [-0.25, -0.2) is 0 Å². The molecule has 0 saturated heterocycles. The fraction of sp³-hybridized carbons (Fsp3) is 0.312. The number of rotatable bonds is 5. The second-order valence-electron chi connectivity index (χ2n) is 5.03. The molecule has 2 aromatic heterocycles. The van der Waals surface area contributed by atoms with Gasteiger partial charge in [-0.05, 0) is 24.0 Å². The minimum Gasteiger partial charge on any atom is -0.437 e. The topological polar surface area (TPSA) is 46.8 Å². The number of aliphatic hydroxyl groups is 1.